The van der Waals surface area contributed by atoms with Crippen molar-refractivity contribution in [1.82, 2.24) is 8.75 Å². The fourth-order valence-corrected chi connectivity index (χ4v) is 2.82. The number of hydrogen-bond donors (Lipinski definition) is 0. The van der Waals surface area contributed by atoms with Crippen molar-refractivity contribution < 1.29 is 23.5 Å². The van der Waals surface area contributed by atoms with Crippen molar-refractivity contribution in [2.75, 3.05) is 40.6 Å². The van der Waals surface area contributed by atoms with E-state index in [2.05, 4.69) is 14.8 Å². The van der Waals surface area contributed by atoms with E-state index < -0.39 is 6.16 Å². The molecule has 0 amide bonds. The van der Waals surface area contributed by atoms with Gasteiger partial charge >= 0.3 is 6.16 Å². The number of hydrogen-bond acceptors (Lipinski definition) is 7. The van der Waals surface area contributed by atoms with Gasteiger partial charge in [-0.05, 0) is 6.92 Å². The first kappa shape index (κ1) is 15.7. The van der Waals surface area contributed by atoms with Crippen molar-refractivity contribution in [3.8, 4) is 5.88 Å². The standard InChI is InChI=1S/C13H20N3O4S/c1-4-19-13(17)20-9-16(2)7-5-6-10(8-16)11-12(18-3)15-21-14-11/h6H,4-5,7-9H2,1-3H3/q+1. The van der Waals surface area contributed by atoms with Gasteiger partial charge in [0, 0.05) is 12.0 Å². The molecule has 1 atom stereocenters. The first-order chi connectivity index (χ1) is 10.1. The minimum absolute atomic E-state index is 0.274. The summed E-state index contributed by atoms with van der Waals surface area (Å²) in [6, 6.07) is 0. The molecule has 1 unspecified atom stereocenters. The Morgan fingerprint density at radius 2 is 2.24 bits per heavy atom. The van der Waals surface area contributed by atoms with E-state index in [9.17, 15) is 4.79 Å². The zero-order valence-electron chi connectivity index (χ0n) is 12.5. The summed E-state index contributed by atoms with van der Waals surface area (Å²) >= 11 is 1.13. The van der Waals surface area contributed by atoms with Crippen molar-refractivity contribution in [3.05, 3.63) is 11.8 Å². The van der Waals surface area contributed by atoms with Gasteiger partial charge in [0.1, 0.15) is 12.2 Å². The summed E-state index contributed by atoms with van der Waals surface area (Å²) in [4.78, 5) is 11.3. The van der Waals surface area contributed by atoms with Gasteiger partial charge in [-0.25, -0.2) is 4.79 Å². The van der Waals surface area contributed by atoms with Crippen molar-refractivity contribution in [2.24, 2.45) is 0 Å². The van der Waals surface area contributed by atoms with Crippen molar-refractivity contribution >= 4 is 23.5 Å². The maximum absolute atomic E-state index is 11.3. The Kier molecular flexibility index (Phi) is 5.13. The van der Waals surface area contributed by atoms with Gasteiger partial charge in [-0.15, -0.1) is 4.37 Å². The summed E-state index contributed by atoms with van der Waals surface area (Å²) in [6.45, 7) is 3.94. The van der Waals surface area contributed by atoms with Gasteiger partial charge in [0.2, 0.25) is 6.73 Å². The van der Waals surface area contributed by atoms with Gasteiger partial charge in [-0.3, -0.25) is 4.48 Å². The zero-order valence-corrected chi connectivity index (χ0v) is 13.3. The molecule has 116 valence electrons. The Hall–Kier alpha value is -1.67. The highest BCUT2D eigenvalue weighted by Crippen LogP contribution is 2.29. The van der Waals surface area contributed by atoms with E-state index in [1.807, 2.05) is 7.05 Å². The number of ether oxygens (including phenoxy) is 3. The minimum Gasteiger partial charge on any atom is -0.479 e. The second-order valence-corrected chi connectivity index (χ2v) is 5.63. The average molecular weight is 314 g/mol. The summed E-state index contributed by atoms with van der Waals surface area (Å²) in [5, 5.41) is 0. The number of quaternary nitrogens is 1. The second kappa shape index (κ2) is 6.86. The SMILES string of the molecule is CCOC(=O)OC[N+]1(C)CCC=C(c2nsnc2OC)C1. The molecule has 8 heteroatoms. The van der Waals surface area contributed by atoms with Gasteiger partial charge in [0.15, 0.2) is 0 Å². The summed E-state index contributed by atoms with van der Waals surface area (Å²) in [5.41, 5.74) is 1.85. The maximum Gasteiger partial charge on any atom is 0.512 e. The van der Waals surface area contributed by atoms with E-state index in [0.717, 1.165) is 36.0 Å². The molecule has 0 spiro atoms. The van der Waals surface area contributed by atoms with Crippen molar-refractivity contribution in [2.45, 2.75) is 13.3 Å². The highest BCUT2D eigenvalue weighted by Gasteiger charge is 2.31. The lowest BCUT2D eigenvalue weighted by Gasteiger charge is -2.36. The molecule has 0 fully saturated rings. The number of carbonyl (C=O) groups excluding carboxylic acids is 1. The first-order valence-corrected chi connectivity index (χ1v) is 7.50. The summed E-state index contributed by atoms with van der Waals surface area (Å²) in [6.07, 6.45) is 2.41. The fraction of sp³-hybridized carbons (Fsp3) is 0.615. The van der Waals surface area contributed by atoms with Crippen LogP contribution in [0.4, 0.5) is 4.79 Å². The molecule has 0 aromatic carbocycles. The van der Waals surface area contributed by atoms with E-state index in [1.165, 1.54) is 0 Å². The Balaban J connectivity index is 2.02. The predicted octanol–water partition coefficient (Wildman–Crippen LogP) is 1.91. The van der Waals surface area contributed by atoms with Crippen LogP contribution < -0.4 is 4.74 Å². The molecular formula is C13H20N3O4S+. The highest BCUT2D eigenvalue weighted by atomic mass is 32.1. The molecule has 0 saturated carbocycles. The molecule has 1 aromatic rings. The highest BCUT2D eigenvalue weighted by molar-refractivity contribution is 6.99. The third kappa shape index (κ3) is 3.92. The lowest BCUT2D eigenvalue weighted by Crippen LogP contribution is -2.49. The van der Waals surface area contributed by atoms with Crippen LogP contribution in [0.5, 0.6) is 5.88 Å². The number of nitrogens with zero attached hydrogens (tertiary/aromatic N) is 3. The smallest absolute Gasteiger partial charge is 0.479 e. The predicted molar refractivity (Wildman–Crippen MR) is 77.9 cm³/mol. The Labute approximate surface area is 128 Å². The number of likely N-dealkylation sites (N-methyl/N-ethyl adjacent to an activating group) is 1. The third-order valence-electron chi connectivity index (χ3n) is 3.32. The van der Waals surface area contributed by atoms with E-state index >= 15 is 0 Å². The molecule has 2 heterocycles. The lowest BCUT2D eigenvalue weighted by molar-refractivity contribution is -0.919. The molecule has 1 aliphatic heterocycles. The van der Waals surface area contributed by atoms with Crippen LogP contribution in [0.25, 0.3) is 5.57 Å². The Bertz CT molecular complexity index is 531. The molecule has 1 aliphatic rings. The maximum atomic E-state index is 11.3. The number of methoxy groups -OCH3 is 1. The van der Waals surface area contributed by atoms with E-state index in [-0.39, 0.29) is 6.73 Å². The molecule has 0 N–H and O–H groups in total. The van der Waals surface area contributed by atoms with E-state index in [1.54, 1.807) is 14.0 Å². The molecule has 2 rings (SSSR count). The quantitative estimate of drug-likeness (QED) is 0.611. The monoisotopic (exact) mass is 314 g/mol. The zero-order chi connectivity index (χ0) is 15.3. The molecule has 0 saturated heterocycles. The Morgan fingerprint density at radius 3 is 2.95 bits per heavy atom. The largest absolute Gasteiger partial charge is 0.512 e. The number of carbonyl (C=O) groups is 1. The number of aromatic nitrogens is 2. The van der Waals surface area contributed by atoms with Crippen LogP contribution in [-0.4, -0.2) is 60.0 Å². The lowest BCUT2D eigenvalue weighted by atomic mass is 10.1. The molecule has 0 aliphatic carbocycles. The molecule has 21 heavy (non-hydrogen) atoms. The topological polar surface area (TPSA) is 70.5 Å². The van der Waals surface area contributed by atoms with Crippen LogP contribution in [0.1, 0.15) is 19.0 Å². The van der Waals surface area contributed by atoms with Crippen molar-refractivity contribution in [3.63, 3.8) is 0 Å². The van der Waals surface area contributed by atoms with Crippen LogP contribution in [-0.2, 0) is 9.47 Å². The second-order valence-electron chi connectivity index (χ2n) is 5.10. The normalized spacial score (nSPS) is 21.6. The van der Waals surface area contributed by atoms with E-state index in [4.69, 9.17) is 14.2 Å². The molecular weight excluding hydrogens is 294 g/mol. The van der Waals surface area contributed by atoms with Crippen LogP contribution in [0.15, 0.2) is 6.08 Å². The van der Waals surface area contributed by atoms with Crippen LogP contribution in [0, 0.1) is 0 Å². The average Bonchev–Trinajstić information content (AvgIpc) is 2.94. The molecule has 7 nitrogen and oxygen atoms in total. The van der Waals surface area contributed by atoms with Gasteiger partial charge in [0.25, 0.3) is 5.88 Å². The third-order valence-corrected chi connectivity index (χ3v) is 3.84. The van der Waals surface area contributed by atoms with Gasteiger partial charge in [0.05, 0.1) is 39.0 Å². The van der Waals surface area contributed by atoms with E-state index in [0.29, 0.717) is 23.5 Å². The minimum atomic E-state index is -0.624. The van der Waals surface area contributed by atoms with Gasteiger partial charge < -0.3 is 14.2 Å². The van der Waals surface area contributed by atoms with Gasteiger partial charge in [-0.2, -0.15) is 4.37 Å². The van der Waals surface area contributed by atoms with Crippen LogP contribution >= 0.6 is 11.7 Å². The summed E-state index contributed by atoms with van der Waals surface area (Å²) < 4.78 is 24.2. The Morgan fingerprint density at radius 1 is 1.43 bits per heavy atom. The van der Waals surface area contributed by atoms with Crippen molar-refractivity contribution in [1.29, 1.82) is 0 Å². The van der Waals surface area contributed by atoms with Gasteiger partial charge in [-0.1, -0.05) is 6.08 Å². The first-order valence-electron chi connectivity index (χ1n) is 6.77. The summed E-state index contributed by atoms with van der Waals surface area (Å²) in [7, 11) is 3.63. The molecule has 0 bridgehead atoms. The number of rotatable bonds is 5. The van der Waals surface area contributed by atoms with Crippen LogP contribution in [0.3, 0.4) is 0 Å². The molecule has 1 aromatic heterocycles. The van der Waals surface area contributed by atoms with Crippen LogP contribution in [0.2, 0.25) is 0 Å². The summed E-state index contributed by atoms with van der Waals surface area (Å²) in [5.74, 6) is 0.547. The molecule has 0 radical (unpaired) electrons. The fourth-order valence-electron chi connectivity index (χ4n) is 2.27.